The lowest BCUT2D eigenvalue weighted by molar-refractivity contribution is -0.117. The topological polar surface area (TPSA) is 35.6 Å². The first kappa shape index (κ1) is 17.5. The Balaban J connectivity index is 1.48. The van der Waals surface area contributed by atoms with Gasteiger partial charge in [0.05, 0.1) is 6.54 Å². The van der Waals surface area contributed by atoms with Crippen molar-refractivity contribution in [2.75, 3.05) is 36.9 Å². The van der Waals surface area contributed by atoms with E-state index >= 15 is 0 Å². The SMILES string of the molecule is CN(CC(=O)Nc1ccccc1)Cc1ccc(N2CCCCC2)cc1. The fourth-order valence-electron chi connectivity index (χ4n) is 3.30. The summed E-state index contributed by atoms with van der Waals surface area (Å²) >= 11 is 0. The highest BCUT2D eigenvalue weighted by molar-refractivity contribution is 5.92. The van der Waals surface area contributed by atoms with Gasteiger partial charge >= 0.3 is 0 Å². The maximum Gasteiger partial charge on any atom is 0.238 e. The van der Waals surface area contributed by atoms with Crippen LogP contribution in [0.3, 0.4) is 0 Å². The van der Waals surface area contributed by atoms with Gasteiger partial charge in [-0.15, -0.1) is 0 Å². The first-order chi connectivity index (χ1) is 12.2. The van der Waals surface area contributed by atoms with Crippen LogP contribution in [-0.2, 0) is 11.3 Å². The van der Waals surface area contributed by atoms with E-state index < -0.39 is 0 Å². The molecule has 4 heteroatoms. The number of hydrogen-bond acceptors (Lipinski definition) is 3. The third-order valence-corrected chi connectivity index (χ3v) is 4.58. The first-order valence-corrected chi connectivity index (χ1v) is 9.08. The highest BCUT2D eigenvalue weighted by Crippen LogP contribution is 2.20. The Morgan fingerprint density at radius 3 is 2.36 bits per heavy atom. The molecule has 0 atom stereocenters. The molecule has 0 unspecified atom stereocenters. The molecule has 4 nitrogen and oxygen atoms in total. The molecule has 0 aromatic heterocycles. The van der Waals surface area contributed by atoms with Crippen LogP contribution in [0.2, 0.25) is 0 Å². The van der Waals surface area contributed by atoms with Crippen molar-refractivity contribution in [3.8, 4) is 0 Å². The van der Waals surface area contributed by atoms with Crippen molar-refractivity contribution >= 4 is 17.3 Å². The van der Waals surface area contributed by atoms with Crippen LogP contribution in [0.4, 0.5) is 11.4 Å². The lowest BCUT2D eigenvalue weighted by Crippen LogP contribution is -2.30. The van der Waals surface area contributed by atoms with E-state index in [0.29, 0.717) is 6.54 Å². The second-order valence-corrected chi connectivity index (χ2v) is 6.80. The number of piperidine rings is 1. The molecule has 0 spiro atoms. The molecule has 25 heavy (non-hydrogen) atoms. The minimum absolute atomic E-state index is 0.0126. The van der Waals surface area contributed by atoms with E-state index in [2.05, 4.69) is 34.5 Å². The van der Waals surface area contributed by atoms with Crippen LogP contribution >= 0.6 is 0 Å². The van der Waals surface area contributed by atoms with E-state index in [1.807, 2.05) is 42.3 Å². The Morgan fingerprint density at radius 2 is 1.68 bits per heavy atom. The van der Waals surface area contributed by atoms with Gasteiger partial charge in [0.2, 0.25) is 5.91 Å². The van der Waals surface area contributed by atoms with Gasteiger partial charge in [0, 0.05) is 31.0 Å². The van der Waals surface area contributed by atoms with Crippen molar-refractivity contribution in [2.45, 2.75) is 25.8 Å². The lowest BCUT2D eigenvalue weighted by Gasteiger charge is -2.29. The van der Waals surface area contributed by atoms with Gasteiger partial charge in [-0.3, -0.25) is 9.69 Å². The number of amides is 1. The minimum atomic E-state index is 0.0126. The van der Waals surface area contributed by atoms with Gasteiger partial charge < -0.3 is 10.2 Å². The molecule has 1 amide bonds. The normalized spacial score (nSPS) is 14.6. The molecule has 1 saturated heterocycles. The van der Waals surface area contributed by atoms with Crippen LogP contribution < -0.4 is 10.2 Å². The Hall–Kier alpha value is -2.33. The maximum atomic E-state index is 12.1. The fraction of sp³-hybridized carbons (Fsp3) is 0.381. The van der Waals surface area contributed by atoms with Crippen molar-refractivity contribution in [3.05, 3.63) is 60.2 Å². The summed E-state index contributed by atoms with van der Waals surface area (Å²) < 4.78 is 0. The molecule has 1 aliphatic heterocycles. The lowest BCUT2D eigenvalue weighted by atomic mass is 10.1. The van der Waals surface area contributed by atoms with Crippen molar-refractivity contribution in [1.29, 1.82) is 0 Å². The van der Waals surface area contributed by atoms with E-state index in [-0.39, 0.29) is 5.91 Å². The average molecular weight is 337 g/mol. The van der Waals surface area contributed by atoms with Crippen molar-refractivity contribution in [1.82, 2.24) is 4.90 Å². The molecule has 0 aliphatic carbocycles. The third-order valence-electron chi connectivity index (χ3n) is 4.58. The van der Waals surface area contributed by atoms with Gasteiger partial charge in [0.25, 0.3) is 0 Å². The molecule has 2 aromatic carbocycles. The van der Waals surface area contributed by atoms with E-state index in [0.717, 1.165) is 12.2 Å². The van der Waals surface area contributed by atoms with E-state index in [9.17, 15) is 4.79 Å². The number of carbonyl (C=O) groups excluding carboxylic acids is 1. The Bertz CT molecular complexity index is 663. The summed E-state index contributed by atoms with van der Waals surface area (Å²) in [4.78, 5) is 16.6. The molecular weight excluding hydrogens is 310 g/mol. The zero-order chi connectivity index (χ0) is 17.5. The number of likely N-dealkylation sites (N-methyl/N-ethyl adjacent to an activating group) is 1. The molecular formula is C21H27N3O. The molecule has 1 heterocycles. The van der Waals surface area contributed by atoms with Crippen LogP contribution in [0.5, 0.6) is 0 Å². The Labute approximate surface area is 150 Å². The van der Waals surface area contributed by atoms with Gasteiger partial charge in [0.1, 0.15) is 0 Å². The molecule has 0 saturated carbocycles. The van der Waals surface area contributed by atoms with Crippen molar-refractivity contribution < 1.29 is 4.79 Å². The highest BCUT2D eigenvalue weighted by Gasteiger charge is 2.11. The van der Waals surface area contributed by atoms with Gasteiger partial charge in [-0.1, -0.05) is 30.3 Å². The molecule has 0 radical (unpaired) electrons. The van der Waals surface area contributed by atoms with Crippen LogP contribution in [0.15, 0.2) is 54.6 Å². The minimum Gasteiger partial charge on any atom is -0.372 e. The van der Waals surface area contributed by atoms with Crippen LogP contribution in [-0.4, -0.2) is 37.5 Å². The molecule has 2 aromatic rings. The number of benzene rings is 2. The summed E-state index contributed by atoms with van der Waals surface area (Å²) in [5.74, 6) is 0.0126. The molecule has 1 fully saturated rings. The summed E-state index contributed by atoms with van der Waals surface area (Å²) in [5, 5.41) is 2.92. The molecule has 1 aliphatic rings. The predicted molar refractivity (Wildman–Crippen MR) is 104 cm³/mol. The monoisotopic (exact) mass is 337 g/mol. The molecule has 1 N–H and O–H groups in total. The summed E-state index contributed by atoms with van der Waals surface area (Å²) in [6.45, 7) is 3.48. The Morgan fingerprint density at radius 1 is 1.00 bits per heavy atom. The van der Waals surface area contributed by atoms with Crippen LogP contribution in [0.1, 0.15) is 24.8 Å². The number of hydrogen-bond donors (Lipinski definition) is 1. The van der Waals surface area contributed by atoms with Gasteiger partial charge in [-0.2, -0.15) is 0 Å². The zero-order valence-electron chi connectivity index (χ0n) is 14.9. The number of anilines is 2. The second kappa shape index (κ2) is 8.67. The number of nitrogens with one attached hydrogen (secondary N) is 1. The molecule has 0 bridgehead atoms. The summed E-state index contributed by atoms with van der Waals surface area (Å²) in [5.41, 5.74) is 3.38. The maximum absolute atomic E-state index is 12.1. The quantitative estimate of drug-likeness (QED) is 0.872. The summed E-state index contributed by atoms with van der Waals surface area (Å²) in [7, 11) is 1.98. The predicted octanol–water partition coefficient (Wildman–Crippen LogP) is 3.75. The summed E-state index contributed by atoms with van der Waals surface area (Å²) in [6.07, 6.45) is 3.94. The Kier molecular flexibility index (Phi) is 6.07. The van der Waals surface area contributed by atoms with E-state index in [1.165, 1.54) is 43.6 Å². The number of nitrogens with zero attached hydrogens (tertiary/aromatic N) is 2. The van der Waals surface area contributed by atoms with Crippen molar-refractivity contribution in [3.63, 3.8) is 0 Å². The molecule has 3 rings (SSSR count). The van der Waals surface area contributed by atoms with Gasteiger partial charge in [-0.05, 0) is 56.1 Å². The zero-order valence-corrected chi connectivity index (χ0v) is 14.9. The second-order valence-electron chi connectivity index (χ2n) is 6.80. The smallest absolute Gasteiger partial charge is 0.238 e. The van der Waals surface area contributed by atoms with Crippen molar-refractivity contribution in [2.24, 2.45) is 0 Å². The number of carbonyl (C=O) groups is 1. The number of rotatable bonds is 6. The molecule has 132 valence electrons. The summed E-state index contributed by atoms with van der Waals surface area (Å²) in [6, 6.07) is 18.3. The van der Waals surface area contributed by atoms with Gasteiger partial charge in [0.15, 0.2) is 0 Å². The largest absolute Gasteiger partial charge is 0.372 e. The number of para-hydroxylation sites is 1. The standard InChI is InChI=1S/C21H27N3O/c1-23(17-21(25)22-19-8-4-2-5-9-19)16-18-10-12-20(13-11-18)24-14-6-3-7-15-24/h2,4-5,8-13H,3,6-7,14-17H2,1H3,(H,22,25). The first-order valence-electron chi connectivity index (χ1n) is 9.08. The highest BCUT2D eigenvalue weighted by atomic mass is 16.2. The third kappa shape index (κ3) is 5.33. The fourth-order valence-corrected chi connectivity index (χ4v) is 3.30. The van der Waals surface area contributed by atoms with Crippen LogP contribution in [0.25, 0.3) is 0 Å². The van der Waals surface area contributed by atoms with Crippen LogP contribution in [0, 0.1) is 0 Å². The van der Waals surface area contributed by atoms with E-state index in [1.54, 1.807) is 0 Å². The van der Waals surface area contributed by atoms with Gasteiger partial charge in [-0.25, -0.2) is 0 Å². The van der Waals surface area contributed by atoms with E-state index in [4.69, 9.17) is 0 Å². The average Bonchev–Trinajstić information content (AvgIpc) is 2.63.